The van der Waals surface area contributed by atoms with Crippen molar-refractivity contribution in [1.82, 2.24) is 9.03 Å². The van der Waals surface area contributed by atoms with Gasteiger partial charge in [-0.15, -0.1) is 0 Å². The number of hydrazine groups is 1. The average molecular weight is 322 g/mol. The molecule has 0 aliphatic carbocycles. The lowest BCUT2D eigenvalue weighted by atomic mass is 10.3. The molecule has 0 spiro atoms. The van der Waals surface area contributed by atoms with Crippen LogP contribution in [0.1, 0.15) is 0 Å². The van der Waals surface area contributed by atoms with E-state index in [0.29, 0.717) is 5.69 Å². The van der Waals surface area contributed by atoms with Crippen LogP contribution in [-0.2, 0) is 20.0 Å². The summed E-state index contributed by atoms with van der Waals surface area (Å²) in [4.78, 5) is 0.0405. The maximum atomic E-state index is 11.9. The van der Waals surface area contributed by atoms with Gasteiger partial charge in [0, 0.05) is 26.3 Å². The zero-order valence-electron chi connectivity index (χ0n) is 11.2. The molecule has 4 N–H and O–H groups in total. The van der Waals surface area contributed by atoms with Crippen LogP contribution in [0.5, 0.6) is 0 Å². The monoisotopic (exact) mass is 322 g/mol. The van der Waals surface area contributed by atoms with Crippen molar-refractivity contribution in [1.29, 1.82) is 0 Å². The fourth-order valence-corrected chi connectivity index (χ4v) is 3.19. The Bertz CT molecular complexity index is 638. The summed E-state index contributed by atoms with van der Waals surface area (Å²) in [7, 11) is -4.39. The molecule has 0 radical (unpaired) electrons. The highest BCUT2D eigenvalue weighted by molar-refractivity contribution is 7.90. The SMILES string of the molecule is CN(C)S(=O)(=O)CCNS(=O)(=O)c1ccc(NN)cc1. The first-order valence-corrected chi connectivity index (χ1v) is 8.75. The topological polar surface area (TPSA) is 122 Å². The molecule has 1 rings (SSSR count). The molecule has 0 aliphatic heterocycles. The molecule has 0 atom stereocenters. The van der Waals surface area contributed by atoms with Gasteiger partial charge in [-0.25, -0.2) is 25.9 Å². The van der Waals surface area contributed by atoms with Crippen LogP contribution in [0.4, 0.5) is 5.69 Å². The molecular weight excluding hydrogens is 304 g/mol. The third kappa shape index (κ3) is 4.42. The molecule has 8 nitrogen and oxygen atoms in total. The Labute approximate surface area is 119 Å². The Morgan fingerprint density at radius 2 is 1.65 bits per heavy atom. The fraction of sp³-hybridized carbons (Fsp3) is 0.400. The van der Waals surface area contributed by atoms with Gasteiger partial charge in [-0.05, 0) is 24.3 Å². The van der Waals surface area contributed by atoms with Crippen molar-refractivity contribution < 1.29 is 16.8 Å². The molecular formula is C10H18N4O4S2. The molecule has 114 valence electrons. The van der Waals surface area contributed by atoms with Gasteiger partial charge in [0.15, 0.2) is 0 Å². The summed E-state index contributed by atoms with van der Waals surface area (Å²) in [6.45, 7) is -0.195. The average Bonchev–Trinajstić information content (AvgIpc) is 2.38. The zero-order valence-corrected chi connectivity index (χ0v) is 12.8. The van der Waals surface area contributed by atoms with E-state index >= 15 is 0 Å². The maximum Gasteiger partial charge on any atom is 0.240 e. The van der Waals surface area contributed by atoms with Gasteiger partial charge in [-0.1, -0.05) is 0 Å². The Balaban J connectivity index is 2.71. The predicted octanol–water partition coefficient (Wildman–Crippen LogP) is -0.858. The molecule has 0 amide bonds. The lowest BCUT2D eigenvalue weighted by Crippen LogP contribution is -2.33. The van der Waals surface area contributed by atoms with Crippen LogP contribution in [0.25, 0.3) is 0 Å². The highest BCUT2D eigenvalue weighted by atomic mass is 32.2. The number of nitrogen functional groups attached to an aromatic ring is 1. The lowest BCUT2D eigenvalue weighted by molar-refractivity contribution is 0.519. The Morgan fingerprint density at radius 1 is 1.10 bits per heavy atom. The second-order valence-electron chi connectivity index (χ2n) is 4.16. The van der Waals surface area contributed by atoms with Gasteiger partial charge in [0.2, 0.25) is 20.0 Å². The third-order valence-corrected chi connectivity index (χ3v) is 5.85. The van der Waals surface area contributed by atoms with Crippen LogP contribution in [0.2, 0.25) is 0 Å². The predicted molar refractivity (Wildman–Crippen MR) is 76.9 cm³/mol. The largest absolute Gasteiger partial charge is 0.324 e. The second kappa shape index (κ2) is 6.50. The van der Waals surface area contributed by atoms with Crippen molar-refractivity contribution in [2.45, 2.75) is 4.90 Å². The molecule has 20 heavy (non-hydrogen) atoms. The van der Waals surface area contributed by atoms with E-state index in [2.05, 4.69) is 10.1 Å². The normalized spacial score (nSPS) is 12.6. The molecule has 1 aromatic carbocycles. The highest BCUT2D eigenvalue weighted by Gasteiger charge is 2.17. The number of nitrogens with two attached hydrogens (primary N) is 1. The lowest BCUT2D eigenvalue weighted by Gasteiger charge is -2.12. The first kappa shape index (κ1) is 16.9. The number of hydrogen-bond donors (Lipinski definition) is 3. The van der Waals surface area contributed by atoms with Crippen molar-refractivity contribution in [3.05, 3.63) is 24.3 Å². The minimum Gasteiger partial charge on any atom is -0.324 e. The van der Waals surface area contributed by atoms with Gasteiger partial charge in [0.1, 0.15) is 0 Å². The zero-order chi connectivity index (χ0) is 15.4. The van der Waals surface area contributed by atoms with E-state index in [1.54, 1.807) is 0 Å². The van der Waals surface area contributed by atoms with Gasteiger partial charge < -0.3 is 5.43 Å². The van der Waals surface area contributed by atoms with Crippen molar-refractivity contribution in [2.75, 3.05) is 31.8 Å². The maximum absolute atomic E-state index is 11.9. The van der Waals surface area contributed by atoms with Crippen molar-refractivity contribution >= 4 is 25.7 Å². The minimum atomic E-state index is -3.73. The summed E-state index contributed by atoms with van der Waals surface area (Å²) in [6, 6.07) is 5.76. The van der Waals surface area contributed by atoms with Crippen molar-refractivity contribution in [2.24, 2.45) is 5.84 Å². The van der Waals surface area contributed by atoms with Gasteiger partial charge in [0.05, 0.1) is 10.6 Å². The molecule has 0 saturated carbocycles. The van der Waals surface area contributed by atoms with E-state index in [-0.39, 0.29) is 17.2 Å². The number of nitrogens with zero attached hydrogens (tertiary/aromatic N) is 1. The first-order valence-electron chi connectivity index (χ1n) is 5.65. The molecule has 0 fully saturated rings. The third-order valence-electron chi connectivity index (χ3n) is 2.54. The summed E-state index contributed by atoms with van der Waals surface area (Å²) in [5, 5.41) is 0. The highest BCUT2D eigenvalue weighted by Crippen LogP contribution is 2.12. The van der Waals surface area contributed by atoms with Crippen LogP contribution < -0.4 is 16.0 Å². The summed E-state index contributed by atoms with van der Waals surface area (Å²) in [5.41, 5.74) is 2.95. The Hall–Kier alpha value is -1.20. The number of rotatable bonds is 7. The molecule has 0 aromatic heterocycles. The van der Waals surface area contributed by atoms with Crippen molar-refractivity contribution in [3.63, 3.8) is 0 Å². The van der Waals surface area contributed by atoms with Gasteiger partial charge in [-0.3, -0.25) is 5.84 Å². The fourth-order valence-electron chi connectivity index (χ4n) is 1.30. The second-order valence-corrected chi connectivity index (χ2v) is 8.23. The van der Waals surface area contributed by atoms with Crippen LogP contribution in [0.15, 0.2) is 29.2 Å². The van der Waals surface area contributed by atoms with Gasteiger partial charge >= 0.3 is 0 Å². The van der Waals surface area contributed by atoms with Crippen LogP contribution >= 0.6 is 0 Å². The number of benzene rings is 1. The van der Waals surface area contributed by atoms with Crippen LogP contribution in [-0.4, -0.2) is 47.5 Å². The molecule has 0 unspecified atom stereocenters. The molecule has 1 aromatic rings. The summed E-state index contributed by atoms with van der Waals surface area (Å²) in [5.74, 6) is 4.88. The number of anilines is 1. The Kier molecular flexibility index (Phi) is 5.48. The van der Waals surface area contributed by atoms with E-state index in [0.717, 1.165) is 4.31 Å². The van der Waals surface area contributed by atoms with Crippen molar-refractivity contribution in [3.8, 4) is 0 Å². The molecule has 0 aliphatic rings. The molecule has 0 saturated heterocycles. The van der Waals surface area contributed by atoms with E-state index < -0.39 is 20.0 Å². The smallest absolute Gasteiger partial charge is 0.240 e. The van der Waals surface area contributed by atoms with Gasteiger partial charge in [0.25, 0.3) is 0 Å². The number of nitrogens with one attached hydrogen (secondary N) is 2. The molecule has 0 bridgehead atoms. The Morgan fingerprint density at radius 3 is 2.10 bits per heavy atom. The van der Waals surface area contributed by atoms with E-state index in [9.17, 15) is 16.8 Å². The van der Waals surface area contributed by atoms with E-state index in [4.69, 9.17) is 5.84 Å². The number of sulfonamides is 2. The molecule has 10 heteroatoms. The summed E-state index contributed by atoms with van der Waals surface area (Å²) in [6.07, 6.45) is 0. The molecule has 0 heterocycles. The standard InChI is InChI=1S/C10H18N4O4S2/c1-14(2)19(15,16)8-7-12-20(17,18)10-5-3-9(13-11)4-6-10/h3-6,12-13H,7-8,11H2,1-2H3. The quantitative estimate of drug-likeness (QED) is 0.444. The van der Waals surface area contributed by atoms with Gasteiger partial charge in [-0.2, -0.15) is 0 Å². The number of hydrogen-bond acceptors (Lipinski definition) is 6. The first-order chi connectivity index (χ1) is 9.19. The van der Waals surface area contributed by atoms with Crippen LogP contribution in [0.3, 0.4) is 0 Å². The summed E-state index contributed by atoms with van der Waals surface area (Å²) >= 11 is 0. The van der Waals surface area contributed by atoms with Crippen LogP contribution in [0, 0.1) is 0 Å². The van der Waals surface area contributed by atoms with E-state index in [1.807, 2.05) is 0 Å². The van der Waals surface area contributed by atoms with E-state index in [1.165, 1.54) is 38.4 Å². The summed E-state index contributed by atoms with van der Waals surface area (Å²) < 4.78 is 50.1. The minimum absolute atomic E-state index is 0.0405.